The minimum absolute atomic E-state index is 0.0628. The number of thioether (sulfide) groups is 1. The molecule has 0 saturated carbocycles. The lowest BCUT2D eigenvalue weighted by Crippen LogP contribution is -2.11. The summed E-state index contributed by atoms with van der Waals surface area (Å²) in [6, 6.07) is 14.2. The molecule has 0 atom stereocenters. The Kier molecular flexibility index (Phi) is 4.37. The van der Waals surface area contributed by atoms with E-state index >= 15 is 0 Å². The zero-order valence-corrected chi connectivity index (χ0v) is 14.8. The molecule has 4 nitrogen and oxygen atoms in total. The van der Waals surface area contributed by atoms with E-state index in [1.165, 1.54) is 17.3 Å². The van der Waals surface area contributed by atoms with Gasteiger partial charge in [-0.1, -0.05) is 32.9 Å². The molecule has 0 saturated heterocycles. The van der Waals surface area contributed by atoms with Gasteiger partial charge in [-0.2, -0.15) is 5.10 Å². The van der Waals surface area contributed by atoms with Gasteiger partial charge in [0.1, 0.15) is 0 Å². The van der Waals surface area contributed by atoms with Gasteiger partial charge in [0, 0.05) is 16.5 Å². The number of aliphatic carboxylic acids is 1. The van der Waals surface area contributed by atoms with Crippen LogP contribution >= 0.6 is 11.8 Å². The van der Waals surface area contributed by atoms with Gasteiger partial charge in [-0.05, 0) is 41.3 Å². The molecule has 0 aliphatic rings. The van der Waals surface area contributed by atoms with E-state index in [9.17, 15) is 4.79 Å². The van der Waals surface area contributed by atoms with Gasteiger partial charge < -0.3 is 5.11 Å². The van der Waals surface area contributed by atoms with Gasteiger partial charge in [0.15, 0.2) is 0 Å². The van der Waals surface area contributed by atoms with Crippen molar-refractivity contribution in [2.75, 3.05) is 5.75 Å². The van der Waals surface area contributed by atoms with Gasteiger partial charge in [-0.25, -0.2) is 4.68 Å². The Balaban J connectivity index is 1.95. The van der Waals surface area contributed by atoms with Crippen molar-refractivity contribution in [2.24, 2.45) is 0 Å². The summed E-state index contributed by atoms with van der Waals surface area (Å²) in [4.78, 5) is 11.6. The molecule has 0 unspecified atom stereocenters. The third kappa shape index (κ3) is 3.62. The summed E-state index contributed by atoms with van der Waals surface area (Å²) in [6.07, 6.45) is 1.99. The van der Waals surface area contributed by atoms with E-state index in [0.717, 1.165) is 21.5 Å². The first kappa shape index (κ1) is 16.6. The fraction of sp³-hybridized carbons (Fsp3) is 0.263. The Bertz CT molecular complexity index is 894. The molecule has 1 aromatic heterocycles. The highest BCUT2D eigenvalue weighted by atomic mass is 32.2. The lowest BCUT2D eigenvalue weighted by atomic mass is 9.87. The standard InChI is InChI=1S/C19H20N2O2S/c1-19(2,3)14-5-4-6-15(10-14)21-11-13-9-16(24-12-18(22)23)7-8-17(13)20-21/h4-11H,12H2,1-3H3,(H,22,23). The smallest absolute Gasteiger partial charge is 0.313 e. The first-order chi connectivity index (χ1) is 11.3. The summed E-state index contributed by atoms with van der Waals surface area (Å²) in [5.41, 5.74) is 3.27. The highest BCUT2D eigenvalue weighted by molar-refractivity contribution is 8.00. The first-order valence-corrected chi connectivity index (χ1v) is 8.76. The number of carboxylic acids is 1. The molecule has 0 bridgehead atoms. The summed E-state index contributed by atoms with van der Waals surface area (Å²) in [6.45, 7) is 6.58. The van der Waals surface area contributed by atoms with E-state index in [1.54, 1.807) is 0 Å². The van der Waals surface area contributed by atoms with Crippen molar-refractivity contribution in [3.8, 4) is 5.69 Å². The predicted octanol–water partition coefficient (Wildman–Crippen LogP) is 4.50. The van der Waals surface area contributed by atoms with Crippen LogP contribution in [0.4, 0.5) is 0 Å². The van der Waals surface area contributed by atoms with E-state index in [0.29, 0.717) is 0 Å². The summed E-state index contributed by atoms with van der Waals surface area (Å²) < 4.78 is 1.88. The van der Waals surface area contributed by atoms with Crippen LogP contribution in [-0.4, -0.2) is 26.6 Å². The molecule has 3 aromatic rings. The summed E-state index contributed by atoms with van der Waals surface area (Å²) in [5.74, 6) is -0.748. The van der Waals surface area contributed by atoms with E-state index in [1.807, 2.05) is 35.1 Å². The minimum atomic E-state index is -0.810. The zero-order chi connectivity index (χ0) is 17.3. The normalized spacial score (nSPS) is 11.8. The van der Waals surface area contributed by atoms with Crippen molar-refractivity contribution in [3.05, 3.63) is 54.2 Å². The SMILES string of the molecule is CC(C)(C)c1cccc(-n2cc3cc(SCC(=O)O)ccc3n2)c1. The average Bonchev–Trinajstić information content (AvgIpc) is 2.95. The largest absolute Gasteiger partial charge is 0.481 e. The minimum Gasteiger partial charge on any atom is -0.481 e. The first-order valence-electron chi connectivity index (χ1n) is 7.78. The monoisotopic (exact) mass is 340 g/mol. The molecule has 2 aromatic carbocycles. The van der Waals surface area contributed by atoms with Gasteiger partial charge in [-0.3, -0.25) is 4.79 Å². The zero-order valence-electron chi connectivity index (χ0n) is 14.0. The number of benzene rings is 2. The summed E-state index contributed by atoms with van der Waals surface area (Å²) >= 11 is 1.32. The molecule has 124 valence electrons. The second kappa shape index (κ2) is 6.32. The Labute approximate surface area is 145 Å². The molecule has 5 heteroatoms. The van der Waals surface area contributed by atoms with Crippen molar-refractivity contribution >= 4 is 28.6 Å². The highest BCUT2D eigenvalue weighted by Crippen LogP contribution is 2.26. The van der Waals surface area contributed by atoms with Crippen LogP contribution in [0.5, 0.6) is 0 Å². The lowest BCUT2D eigenvalue weighted by Gasteiger charge is -2.19. The topological polar surface area (TPSA) is 55.1 Å². The molecular formula is C19H20N2O2S. The van der Waals surface area contributed by atoms with Crippen LogP contribution in [0.3, 0.4) is 0 Å². The van der Waals surface area contributed by atoms with E-state index in [2.05, 4.69) is 44.1 Å². The molecule has 0 radical (unpaired) electrons. The third-order valence-corrected chi connectivity index (χ3v) is 4.79. The van der Waals surface area contributed by atoms with E-state index in [4.69, 9.17) is 5.11 Å². The van der Waals surface area contributed by atoms with Crippen molar-refractivity contribution < 1.29 is 9.90 Å². The fourth-order valence-corrected chi connectivity index (χ4v) is 3.15. The molecule has 0 aliphatic carbocycles. The number of aromatic nitrogens is 2. The van der Waals surface area contributed by atoms with Crippen LogP contribution in [0, 0.1) is 0 Å². The molecule has 24 heavy (non-hydrogen) atoms. The third-order valence-electron chi connectivity index (χ3n) is 3.81. The lowest BCUT2D eigenvalue weighted by molar-refractivity contribution is -0.133. The van der Waals surface area contributed by atoms with Crippen LogP contribution < -0.4 is 0 Å². The van der Waals surface area contributed by atoms with Crippen LogP contribution in [-0.2, 0) is 10.2 Å². The van der Waals surface area contributed by atoms with Gasteiger partial charge in [-0.15, -0.1) is 11.8 Å². The van der Waals surface area contributed by atoms with Gasteiger partial charge >= 0.3 is 5.97 Å². The molecular weight excluding hydrogens is 320 g/mol. The van der Waals surface area contributed by atoms with Crippen LogP contribution in [0.1, 0.15) is 26.3 Å². The Hall–Kier alpha value is -2.27. The van der Waals surface area contributed by atoms with Crippen LogP contribution in [0.25, 0.3) is 16.6 Å². The number of rotatable bonds is 4. The van der Waals surface area contributed by atoms with Gasteiger partial charge in [0.25, 0.3) is 0 Å². The van der Waals surface area contributed by atoms with Gasteiger partial charge in [0.05, 0.1) is 17.0 Å². The van der Waals surface area contributed by atoms with Crippen molar-refractivity contribution in [1.82, 2.24) is 9.78 Å². The molecule has 0 fully saturated rings. The van der Waals surface area contributed by atoms with Gasteiger partial charge in [0.2, 0.25) is 0 Å². The molecule has 1 heterocycles. The van der Waals surface area contributed by atoms with E-state index in [-0.39, 0.29) is 11.2 Å². The number of hydrogen-bond acceptors (Lipinski definition) is 3. The Morgan fingerprint density at radius 3 is 2.71 bits per heavy atom. The average molecular weight is 340 g/mol. The number of fused-ring (bicyclic) bond motifs is 1. The van der Waals surface area contributed by atoms with Crippen molar-refractivity contribution in [1.29, 1.82) is 0 Å². The Morgan fingerprint density at radius 1 is 1.21 bits per heavy atom. The molecule has 3 rings (SSSR count). The number of nitrogens with zero attached hydrogens (tertiary/aromatic N) is 2. The molecule has 0 spiro atoms. The van der Waals surface area contributed by atoms with Crippen LogP contribution in [0.2, 0.25) is 0 Å². The second-order valence-electron chi connectivity index (χ2n) is 6.78. The van der Waals surface area contributed by atoms with E-state index < -0.39 is 5.97 Å². The van der Waals surface area contributed by atoms with Crippen LogP contribution in [0.15, 0.2) is 53.6 Å². The number of carboxylic acid groups (broad SMARTS) is 1. The quantitative estimate of drug-likeness (QED) is 0.711. The van der Waals surface area contributed by atoms with Crippen molar-refractivity contribution in [3.63, 3.8) is 0 Å². The Morgan fingerprint density at radius 2 is 2.00 bits per heavy atom. The highest BCUT2D eigenvalue weighted by Gasteiger charge is 2.14. The maximum absolute atomic E-state index is 10.7. The number of carbonyl (C=O) groups is 1. The fourth-order valence-electron chi connectivity index (χ4n) is 2.49. The summed E-state index contributed by atoms with van der Waals surface area (Å²) in [7, 11) is 0. The van der Waals surface area contributed by atoms with Crippen molar-refractivity contribution in [2.45, 2.75) is 31.1 Å². The predicted molar refractivity (Wildman–Crippen MR) is 98.1 cm³/mol. The molecule has 0 aliphatic heterocycles. The second-order valence-corrected chi connectivity index (χ2v) is 7.83. The maximum atomic E-state index is 10.7. The summed E-state index contributed by atoms with van der Waals surface area (Å²) in [5, 5.41) is 14.4. The molecule has 0 amide bonds. The maximum Gasteiger partial charge on any atom is 0.313 e. The molecule has 1 N–H and O–H groups in total. The number of hydrogen-bond donors (Lipinski definition) is 1.